The Hall–Kier alpha value is -1.51. The Kier molecular flexibility index (Phi) is 7.13. The second kappa shape index (κ2) is 8.62. The molecule has 8 heteroatoms. The van der Waals surface area contributed by atoms with Crippen LogP contribution in [0.15, 0.2) is 5.38 Å². The molecule has 0 aliphatic carbocycles. The molecule has 0 unspecified atom stereocenters. The molecular formula is C12H18N2O5S. The minimum absolute atomic E-state index is 0.144. The first-order valence-corrected chi connectivity index (χ1v) is 7.03. The lowest BCUT2D eigenvalue weighted by Gasteiger charge is -2.20. The standard InChI is InChI=1S/C12H18N2O5S/c1-3-19-12(17)10-13-9(8-20-10)11(16)14(4-6-15)5-7-18-2/h8,15H,3-7H2,1-2H3. The van der Waals surface area contributed by atoms with Crippen LogP contribution in [-0.4, -0.2) is 66.9 Å². The number of nitrogens with zero attached hydrogens (tertiary/aromatic N) is 2. The van der Waals surface area contributed by atoms with Gasteiger partial charge in [-0.25, -0.2) is 9.78 Å². The first-order chi connectivity index (χ1) is 9.63. The van der Waals surface area contributed by atoms with Crippen LogP contribution in [0.5, 0.6) is 0 Å². The number of hydrogen-bond donors (Lipinski definition) is 1. The van der Waals surface area contributed by atoms with E-state index in [0.29, 0.717) is 13.2 Å². The number of amides is 1. The van der Waals surface area contributed by atoms with Gasteiger partial charge in [0, 0.05) is 25.6 Å². The maximum Gasteiger partial charge on any atom is 0.367 e. The van der Waals surface area contributed by atoms with Gasteiger partial charge in [0.25, 0.3) is 5.91 Å². The van der Waals surface area contributed by atoms with Gasteiger partial charge in [-0.2, -0.15) is 0 Å². The Bertz CT molecular complexity index is 449. The van der Waals surface area contributed by atoms with E-state index in [9.17, 15) is 9.59 Å². The van der Waals surface area contributed by atoms with E-state index in [1.165, 1.54) is 17.4 Å². The summed E-state index contributed by atoms with van der Waals surface area (Å²) in [4.78, 5) is 29.1. The third-order valence-corrected chi connectivity index (χ3v) is 3.22. The molecule has 1 rings (SSSR count). The van der Waals surface area contributed by atoms with Crippen LogP contribution in [0.2, 0.25) is 0 Å². The molecule has 0 bridgehead atoms. The highest BCUT2D eigenvalue weighted by atomic mass is 32.1. The first-order valence-electron chi connectivity index (χ1n) is 6.15. The highest BCUT2D eigenvalue weighted by molar-refractivity contribution is 7.11. The highest BCUT2D eigenvalue weighted by Gasteiger charge is 2.20. The molecule has 1 aromatic rings. The lowest BCUT2D eigenvalue weighted by atomic mass is 10.3. The number of aliphatic hydroxyl groups is 1. The van der Waals surface area contributed by atoms with Crippen molar-refractivity contribution >= 4 is 23.2 Å². The predicted octanol–water partition coefficient (Wildman–Crippen LogP) is 0.401. The van der Waals surface area contributed by atoms with Gasteiger partial charge in [0.05, 0.1) is 19.8 Å². The molecule has 20 heavy (non-hydrogen) atoms. The highest BCUT2D eigenvalue weighted by Crippen LogP contribution is 2.13. The van der Waals surface area contributed by atoms with Crippen molar-refractivity contribution in [1.82, 2.24) is 9.88 Å². The number of esters is 1. The van der Waals surface area contributed by atoms with Crippen LogP contribution in [-0.2, 0) is 9.47 Å². The molecular weight excluding hydrogens is 284 g/mol. The van der Waals surface area contributed by atoms with Crippen LogP contribution in [0.25, 0.3) is 0 Å². The fraction of sp³-hybridized carbons (Fsp3) is 0.583. The van der Waals surface area contributed by atoms with Crippen LogP contribution < -0.4 is 0 Å². The van der Waals surface area contributed by atoms with E-state index < -0.39 is 5.97 Å². The number of rotatable bonds is 8. The van der Waals surface area contributed by atoms with Crippen molar-refractivity contribution in [2.75, 3.05) is 40.0 Å². The SMILES string of the molecule is CCOC(=O)c1nc(C(=O)N(CCO)CCOC)cs1. The first kappa shape index (κ1) is 16.5. The molecule has 0 aliphatic rings. The number of carbonyl (C=O) groups is 2. The number of methoxy groups -OCH3 is 1. The summed E-state index contributed by atoms with van der Waals surface area (Å²) >= 11 is 1.06. The second-order valence-electron chi connectivity index (χ2n) is 3.77. The molecule has 1 heterocycles. The smallest absolute Gasteiger partial charge is 0.367 e. The zero-order valence-electron chi connectivity index (χ0n) is 11.5. The molecule has 0 radical (unpaired) electrons. The lowest BCUT2D eigenvalue weighted by Crippen LogP contribution is -2.36. The van der Waals surface area contributed by atoms with E-state index in [1.54, 1.807) is 6.92 Å². The van der Waals surface area contributed by atoms with E-state index >= 15 is 0 Å². The normalized spacial score (nSPS) is 10.3. The Morgan fingerprint density at radius 2 is 2.20 bits per heavy atom. The summed E-state index contributed by atoms with van der Waals surface area (Å²) in [6.07, 6.45) is 0. The fourth-order valence-electron chi connectivity index (χ4n) is 1.46. The van der Waals surface area contributed by atoms with Gasteiger partial charge in [0.2, 0.25) is 5.01 Å². The Morgan fingerprint density at radius 3 is 2.80 bits per heavy atom. The maximum atomic E-state index is 12.2. The van der Waals surface area contributed by atoms with Crippen molar-refractivity contribution in [3.8, 4) is 0 Å². The Labute approximate surface area is 121 Å². The largest absolute Gasteiger partial charge is 0.461 e. The van der Waals surface area contributed by atoms with Crippen LogP contribution in [0.4, 0.5) is 0 Å². The van der Waals surface area contributed by atoms with E-state index in [-0.39, 0.29) is 36.4 Å². The zero-order chi connectivity index (χ0) is 15.0. The number of thiazole rings is 1. The third kappa shape index (κ3) is 4.55. The number of hydrogen-bond acceptors (Lipinski definition) is 7. The minimum Gasteiger partial charge on any atom is -0.461 e. The van der Waals surface area contributed by atoms with Crippen LogP contribution in [0.1, 0.15) is 27.2 Å². The molecule has 0 atom stereocenters. The van der Waals surface area contributed by atoms with Crippen LogP contribution >= 0.6 is 11.3 Å². The van der Waals surface area contributed by atoms with Crippen molar-refractivity contribution in [2.24, 2.45) is 0 Å². The summed E-state index contributed by atoms with van der Waals surface area (Å²) in [6, 6.07) is 0. The molecule has 1 aromatic heterocycles. The lowest BCUT2D eigenvalue weighted by molar-refractivity contribution is 0.0525. The Morgan fingerprint density at radius 1 is 1.45 bits per heavy atom. The number of carbonyl (C=O) groups excluding carboxylic acids is 2. The average Bonchev–Trinajstić information content (AvgIpc) is 2.93. The van der Waals surface area contributed by atoms with Crippen molar-refractivity contribution in [2.45, 2.75) is 6.92 Å². The van der Waals surface area contributed by atoms with E-state index in [4.69, 9.17) is 14.6 Å². The zero-order valence-corrected chi connectivity index (χ0v) is 12.3. The molecule has 0 fully saturated rings. The summed E-state index contributed by atoms with van der Waals surface area (Å²) in [5.41, 5.74) is 0.169. The summed E-state index contributed by atoms with van der Waals surface area (Å²) in [5, 5.41) is 10.6. The quantitative estimate of drug-likeness (QED) is 0.699. The molecule has 7 nitrogen and oxygen atoms in total. The van der Waals surface area contributed by atoms with E-state index in [0.717, 1.165) is 11.3 Å². The van der Waals surface area contributed by atoms with Gasteiger partial charge in [-0.1, -0.05) is 0 Å². The molecule has 0 aromatic carbocycles. The van der Waals surface area contributed by atoms with Gasteiger partial charge in [0.1, 0.15) is 5.69 Å². The average molecular weight is 302 g/mol. The van der Waals surface area contributed by atoms with Crippen molar-refractivity contribution < 1.29 is 24.2 Å². The molecule has 0 aliphatic heterocycles. The monoisotopic (exact) mass is 302 g/mol. The molecule has 112 valence electrons. The van der Waals surface area contributed by atoms with Gasteiger partial charge in [0.15, 0.2) is 0 Å². The number of aromatic nitrogens is 1. The van der Waals surface area contributed by atoms with Crippen LogP contribution in [0, 0.1) is 0 Å². The van der Waals surface area contributed by atoms with Crippen LogP contribution in [0.3, 0.4) is 0 Å². The minimum atomic E-state index is -0.540. The molecule has 0 spiro atoms. The maximum absolute atomic E-state index is 12.2. The number of aliphatic hydroxyl groups excluding tert-OH is 1. The summed E-state index contributed by atoms with van der Waals surface area (Å²) in [7, 11) is 1.53. The summed E-state index contributed by atoms with van der Waals surface area (Å²) < 4.78 is 9.73. The van der Waals surface area contributed by atoms with Gasteiger partial charge in [-0.05, 0) is 6.92 Å². The third-order valence-electron chi connectivity index (χ3n) is 2.40. The van der Waals surface area contributed by atoms with Crippen molar-refractivity contribution in [1.29, 1.82) is 0 Å². The molecule has 1 amide bonds. The van der Waals surface area contributed by atoms with Gasteiger partial charge >= 0.3 is 5.97 Å². The van der Waals surface area contributed by atoms with E-state index in [2.05, 4.69) is 4.98 Å². The van der Waals surface area contributed by atoms with Gasteiger partial charge in [-0.3, -0.25) is 4.79 Å². The topological polar surface area (TPSA) is 89.0 Å². The molecule has 0 saturated heterocycles. The predicted molar refractivity (Wildman–Crippen MR) is 72.9 cm³/mol. The molecule has 1 N–H and O–H groups in total. The summed E-state index contributed by atoms with van der Waals surface area (Å²) in [6.45, 7) is 2.71. The van der Waals surface area contributed by atoms with Gasteiger partial charge in [-0.15, -0.1) is 11.3 Å². The molecule has 0 saturated carbocycles. The Balaban J connectivity index is 2.76. The van der Waals surface area contributed by atoms with E-state index in [1.807, 2.05) is 0 Å². The van der Waals surface area contributed by atoms with Gasteiger partial charge < -0.3 is 19.5 Å². The van der Waals surface area contributed by atoms with Crippen molar-refractivity contribution in [3.63, 3.8) is 0 Å². The second-order valence-corrected chi connectivity index (χ2v) is 4.63. The fourth-order valence-corrected chi connectivity index (χ4v) is 2.14. The van der Waals surface area contributed by atoms with Crippen molar-refractivity contribution in [3.05, 3.63) is 16.1 Å². The number of ether oxygens (including phenoxy) is 2. The summed E-state index contributed by atoms with van der Waals surface area (Å²) in [5.74, 6) is -0.884.